The summed E-state index contributed by atoms with van der Waals surface area (Å²) in [6.45, 7) is 2.37. The van der Waals surface area contributed by atoms with Crippen molar-refractivity contribution in [2.75, 3.05) is 32.3 Å². The summed E-state index contributed by atoms with van der Waals surface area (Å²) in [5, 5.41) is 0. The minimum absolute atomic E-state index is 0.114. The maximum Gasteiger partial charge on any atom is 0.311 e. The molecule has 0 radical (unpaired) electrons. The third-order valence-corrected chi connectivity index (χ3v) is 3.42. The van der Waals surface area contributed by atoms with Crippen molar-refractivity contribution in [3.05, 3.63) is 18.2 Å². The molecule has 0 aliphatic carbocycles. The normalized spacial score (nSPS) is 17.8. The number of ether oxygens (including phenoxy) is 3. The molecule has 21 heavy (non-hydrogen) atoms. The number of esters is 1. The van der Waals surface area contributed by atoms with E-state index in [2.05, 4.69) is 0 Å². The molecule has 0 bridgehead atoms. The SMILES string of the molecule is CCOC(=O)C1CC(=O)N(c2ccc(OC)cc2OC)C1. The van der Waals surface area contributed by atoms with Crippen LogP contribution in [0.5, 0.6) is 11.5 Å². The van der Waals surface area contributed by atoms with Crippen molar-refractivity contribution in [2.24, 2.45) is 5.92 Å². The first kappa shape index (κ1) is 15.2. The minimum atomic E-state index is -0.427. The number of amides is 1. The Hall–Kier alpha value is -2.24. The number of hydrogen-bond acceptors (Lipinski definition) is 5. The van der Waals surface area contributed by atoms with Gasteiger partial charge < -0.3 is 19.1 Å². The first-order valence-corrected chi connectivity index (χ1v) is 6.79. The lowest BCUT2D eigenvalue weighted by Crippen LogP contribution is -2.26. The molecule has 0 spiro atoms. The van der Waals surface area contributed by atoms with Crippen molar-refractivity contribution in [1.82, 2.24) is 0 Å². The predicted octanol–water partition coefficient (Wildman–Crippen LogP) is 1.62. The van der Waals surface area contributed by atoms with Gasteiger partial charge in [-0.15, -0.1) is 0 Å². The van der Waals surface area contributed by atoms with Gasteiger partial charge >= 0.3 is 5.97 Å². The zero-order valence-electron chi connectivity index (χ0n) is 12.4. The molecule has 1 aromatic carbocycles. The average Bonchev–Trinajstić information content (AvgIpc) is 2.88. The summed E-state index contributed by atoms with van der Waals surface area (Å²) >= 11 is 0. The van der Waals surface area contributed by atoms with Crippen molar-refractivity contribution in [3.8, 4) is 11.5 Å². The smallest absolute Gasteiger partial charge is 0.311 e. The van der Waals surface area contributed by atoms with Crippen LogP contribution < -0.4 is 14.4 Å². The third kappa shape index (κ3) is 3.09. The molecule has 1 unspecified atom stereocenters. The maximum atomic E-state index is 12.1. The van der Waals surface area contributed by atoms with Gasteiger partial charge in [-0.25, -0.2) is 0 Å². The van der Waals surface area contributed by atoms with Crippen LogP contribution in [-0.2, 0) is 14.3 Å². The highest BCUT2D eigenvalue weighted by Crippen LogP contribution is 2.35. The fraction of sp³-hybridized carbons (Fsp3) is 0.467. The molecule has 1 aliphatic heterocycles. The first-order chi connectivity index (χ1) is 10.1. The number of rotatable bonds is 5. The highest BCUT2D eigenvalue weighted by molar-refractivity contribution is 6.00. The molecular formula is C15H19NO5. The Kier molecular flexibility index (Phi) is 4.67. The number of nitrogens with zero attached hydrogens (tertiary/aromatic N) is 1. The van der Waals surface area contributed by atoms with Crippen molar-refractivity contribution < 1.29 is 23.8 Å². The number of hydrogen-bond donors (Lipinski definition) is 0. The van der Waals surface area contributed by atoms with Gasteiger partial charge in [0.05, 0.1) is 32.4 Å². The summed E-state index contributed by atoms with van der Waals surface area (Å²) in [6.07, 6.45) is 0.161. The van der Waals surface area contributed by atoms with E-state index < -0.39 is 5.92 Å². The largest absolute Gasteiger partial charge is 0.497 e. The molecule has 6 nitrogen and oxygen atoms in total. The molecular weight excluding hydrogens is 274 g/mol. The molecule has 1 aliphatic rings. The molecule has 0 saturated carbocycles. The van der Waals surface area contributed by atoms with Gasteiger partial charge in [0.25, 0.3) is 0 Å². The van der Waals surface area contributed by atoms with Crippen LogP contribution in [0.15, 0.2) is 18.2 Å². The van der Waals surface area contributed by atoms with E-state index in [1.807, 2.05) is 0 Å². The monoisotopic (exact) mass is 293 g/mol. The molecule has 0 aromatic heterocycles. The van der Waals surface area contributed by atoms with Gasteiger partial charge in [0.15, 0.2) is 0 Å². The van der Waals surface area contributed by atoms with Gasteiger partial charge in [-0.2, -0.15) is 0 Å². The van der Waals surface area contributed by atoms with E-state index >= 15 is 0 Å². The quantitative estimate of drug-likeness (QED) is 0.772. The van der Waals surface area contributed by atoms with Gasteiger partial charge in [0.2, 0.25) is 5.91 Å². The van der Waals surface area contributed by atoms with Gasteiger partial charge in [-0.1, -0.05) is 0 Å². The number of benzene rings is 1. The lowest BCUT2D eigenvalue weighted by Gasteiger charge is -2.20. The first-order valence-electron chi connectivity index (χ1n) is 6.79. The van der Waals surface area contributed by atoms with Gasteiger partial charge in [0.1, 0.15) is 11.5 Å². The molecule has 1 atom stereocenters. The van der Waals surface area contributed by atoms with Crippen molar-refractivity contribution >= 4 is 17.6 Å². The zero-order valence-corrected chi connectivity index (χ0v) is 12.4. The minimum Gasteiger partial charge on any atom is -0.497 e. The summed E-state index contributed by atoms with van der Waals surface area (Å²) in [6, 6.07) is 5.21. The van der Waals surface area contributed by atoms with Crippen LogP contribution in [-0.4, -0.2) is 39.2 Å². The molecule has 6 heteroatoms. The van der Waals surface area contributed by atoms with Crippen molar-refractivity contribution in [1.29, 1.82) is 0 Å². The Labute approximate surface area is 123 Å². The second-order valence-corrected chi connectivity index (χ2v) is 4.70. The fourth-order valence-electron chi connectivity index (χ4n) is 2.37. The van der Waals surface area contributed by atoms with Crippen LogP contribution >= 0.6 is 0 Å². The van der Waals surface area contributed by atoms with E-state index in [1.54, 1.807) is 37.1 Å². The van der Waals surface area contributed by atoms with Gasteiger partial charge in [0, 0.05) is 19.0 Å². The van der Waals surface area contributed by atoms with E-state index in [0.717, 1.165) is 0 Å². The van der Waals surface area contributed by atoms with Crippen LogP contribution in [0.3, 0.4) is 0 Å². The molecule has 0 N–H and O–H groups in total. The lowest BCUT2D eigenvalue weighted by atomic mass is 10.1. The predicted molar refractivity (Wildman–Crippen MR) is 76.6 cm³/mol. The molecule has 1 fully saturated rings. The average molecular weight is 293 g/mol. The summed E-state index contributed by atoms with van der Waals surface area (Å²) in [7, 11) is 3.09. The molecule has 1 saturated heterocycles. The molecule has 1 aromatic rings. The van der Waals surface area contributed by atoms with Crippen LogP contribution in [0.25, 0.3) is 0 Å². The van der Waals surface area contributed by atoms with E-state index in [9.17, 15) is 9.59 Å². The number of carbonyl (C=O) groups is 2. The summed E-state index contributed by atoms with van der Waals surface area (Å²) in [5.41, 5.74) is 0.634. The second kappa shape index (κ2) is 6.47. The van der Waals surface area contributed by atoms with Crippen LogP contribution in [0, 0.1) is 5.92 Å². The highest BCUT2D eigenvalue weighted by Gasteiger charge is 2.37. The Morgan fingerprint density at radius 3 is 2.71 bits per heavy atom. The molecule has 1 amide bonds. The van der Waals surface area contributed by atoms with Crippen molar-refractivity contribution in [3.63, 3.8) is 0 Å². The third-order valence-electron chi connectivity index (χ3n) is 3.42. The zero-order chi connectivity index (χ0) is 15.4. The Morgan fingerprint density at radius 1 is 1.33 bits per heavy atom. The van der Waals surface area contributed by atoms with E-state index in [1.165, 1.54) is 7.11 Å². The van der Waals surface area contributed by atoms with Crippen LogP contribution in [0.4, 0.5) is 5.69 Å². The van der Waals surface area contributed by atoms with Gasteiger partial charge in [-0.3, -0.25) is 9.59 Å². The maximum absolute atomic E-state index is 12.1. The van der Waals surface area contributed by atoms with E-state index in [4.69, 9.17) is 14.2 Å². The standard InChI is InChI=1S/C15H19NO5/c1-4-21-15(18)10-7-14(17)16(9-10)12-6-5-11(19-2)8-13(12)20-3/h5-6,8,10H,4,7,9H2,1-3H3. The topological polar surface area (TPSA) is 65.1 Å². The Morgan fingerprint density at radius 2 is 2.10 bits per heavy atom. The Balaban J connectivity index is 2.22. The number of methoxy groups -OCH3 is 2. The summed E-state index contributed by atoms with van der Waals surface area (Å²) in [5.74, 6) is 0.304. The van der Waals surface area contributed by atoms with Crippen molar-refractivity contribution in [2.45, 2.75) is 13.3 Å². The fourth-order valence-corrected chi connectivity index (χ4v) is 2.37. The van der Waals surface area contributed by atoms with E-state index in [0.29, 0.717) is 30.3 Å². The van der Waals surface area contributed by atoms with Gasteiger partial charge in [-0.05, 0) is 19.1 Å². The Bertz CT molecular complexity index is 543. The number of anilines is 1. The summed E-state index contributed by atoms with van der Waals surface area (Å²) < 4.78 is 15.4. The number of carbonyl (C=O) groups excluding carboxylic acids is 2. The highest BCUT2D eigenvalue weighted by atomic mass is 16.5. The molecule has 1 heterocycles. The lowest BCUT2D eigenvalue weighted by molar-refractivity contribution is -0.147. The van der Waals surface area contributed by atoms with E-state index in [-0.39, 0.29) is 18.3 Å². The van der Waals surface area contributed by atoms with Crippen LogP contribution in [0.1, 0.15) is 13.3 Å². The molecule has 114 valence electrons. The van der Waals surface area contributed by atoms with Crippen LogP contribution in [0.2, 0.25) is 0 Å². The second-order valence-electron chi connectivity index (χ2n) is 4.70. The summed E-state index contributed by atoms with van der Waals surface area (Å²) in [4.78, 5) is 25.5. The molecule has 2 rings (SSSR count).